The normalized spacial score (nSPS) is 27.5. The molecule has 2 rings (SSSR count). The third-order valence-electron chi connectivity index (χ3n) is 2.46. The molecule has 0 amide bonds. The van der Waals surface area contributed by atoms with Gasteiger partial charge in [0.15, 0.2) is 6.29 Å². The first kappa shape index (κ1) is 9.69. The van der Waals surface area contributed by atoms with Crippen molar-refractivity contribution < 1.29 is 9.47 Å². The molecule has 0 unspecified atom stereocenters. The predicted molar refractivity (Wildman–Crippen MR) is 55.1 cm³/mol. The van der Waals surface area contributed by atoms with E-state index in [0.29, 0.717) is 6.10 Å². The summed E-state index contributed by atoms with van der Waals surface area (Å²) in [6, 6.07) is 10.3. The summed E-state index contributed by atoms with van der Waals surface area (Å²) >= 11 is 0. The number of benzene rings is 1. The van der Waals surface area contributed by atoms with Crippen LogP contribution in [0.3, 0.4) is 0 Å². The van der Waals surface area contributed by atoms with Gasteiger partial charge in [-0.25, -0.2) is 0 Å². The summed E-state index contributed by atoms with van der Waals surface area (Å²) in [5, 5.41) is 0. The Kier molecular flexibility index (Phi) is 3.17. The van der Waals surface area contributed by atoms with Gasteiger partial charge in [0, 0.05) is 6.42 Å². The number of hydrogen-bond donors (Lipinski definition) is 0. The second-order valence-corrected chi connectivity index (χ2v) is 3.73. The maximum absolute atomic E-state index is 5.67. The SMILES string of the molecule is C[C@@H]1CCO[C@H](Cc2ccccc2)O1. The lowest BCUT2D eigenvalue weighted by Crippen LogP contribution is -2.31. The fraction of sp³-hybridized carbons (Fsp3) is 0.500. The van der Waals surface area contributed by atoms with Crippen molar-refractivity contribution in [1.82, 2.24) is 0 Å². The fourth-order valence-electron chi connectivity index (χ4n) is 1.65. The molecule has 76 valence electrons. The van der Waals surface area contributed by atoms with E-state index in [-0.39, 0.29) is 6.29 Å². The lowest BCUT2D eigenvalue weighted by molar-refractivity contribution is -0.206. The highest BCUT2D eigenvalue weighted by atomic mass is 16.7. The first-order valence-corrected chi connectivity index (χ1v) is 5.15. The Hall–Kier alpha value is -0.860. The van der Waals surface area contributed by atoms with Gasteiger partial charge in [-0.05, 0) is 18.9 Å². The van der Waals surface area contributed by atoms with Crippen molar-refractivity contribution in [3.63, 3.8) is 0 Å². The minimum Gasteiger partial charge on any atom is -0.352 e. The minimum absolute atomic E-state index is 0.0545. The summed E-state index contributed by atoms with van der Waals surface area (Å²) in [6.07, 6.45) is 2.13. The summed E-state index contributed by atoms with van der Waals surface area (Å²) in [5.41, 5.74) is 1.27. The molecule has 2 nitrogen and oxygen atoms in total. The average Bonchev–Trinajstić information content (AvgIpc) is 2.19. The van der Waals surface area contributed by atoms with Gasteiger partial charge in [-0.15, -0.1) is 0 Å². The van der Waals surface area contributed by atoms with Crippen molar-refractivity contribution in [3.05, 3.63) is 35.9 Å². The summed E-state index contributed by atoms with van der Waals surface area (Å²) in [6.45, 7) is 2.92. The van der Waals surface area contributed by atoms with E-state index in [9.17, 15) is 0 Å². The molecule has 0 saturated carbocycles. The molecule has 0 aliphatic carbocycles. The van der Waals surface area contributed by atoms with E-state index >= 15 is 0 Å². The first-order valence-electron chi connectivity index (χ1n) is 5.15. The molecule has 14 heavy (non-hydrogen) atoms. The van der Waals surface area contributed by atoms with E-state index in [1.54, 1.807) is 0 Å². The third kappa shape index (κ3) is 2.56. The molecule has 1 aliphatic heterocycles. The van der Waals surface area contributed by atoms with Crippen LogP contribution in [-0.2, 0) is 15.9 Å². The zero-order chi connectivity index (χ0) is 9.80. The van der Waals surface area contributed by atoms with Gasteiger partial charge in [0.25, 0.3) is 0 Å². The molecule has 1 aromatic carbocycles. The van der Waals surface area contributed by atoms with Gasteiger partial charge in [-0.1, -0.05) is 30.3 Å². The van der Waals surface area contributed by atoms with Crippen LogP contribution in [0.5, 0.6) is 0 Å². The average molecular weight is 192 g/mol. The second kappa shape index (κ2) is 4.58. The maximum Gasteiger partial charge on any atom is 0.161 e. The van der Waals surface area contributed by atoms with Crippen molar-refractivity contribution in [3.8, 4) is 0 Å². The van der Waals surface area contributed by atoms with E-state index in [2.05, 4.69) is 19.1 Å². The molecule has 1 fully saturated rings. The summed E-state index contributed by atoms with van der Waals surface area (Å²) in [4.78, 5) is 0. The van der Waals surface area contributed by atoms with Crippen molar-refractivity contribution in [2.45, 2.75) is 32.2 Å². The van der Waals surface area contributed by atoms with Crippen LogP contribution in [0.4, 0.5) is 0 Å². The highest BCUT2D eigenvalue weighted by molar-refractivity contribution is 5.15. The quantitative estimate of drug-likeness (QED) is 0.716. The standard InChI is InChI=1S/C12H16O2/c1-10-7-8-13-12(14-10)9-11-5-3-2-4-6-11/h2-6,10,12H,7-9H2,1H3/t10-,12+/m1/s1. The van der Waals surface area contributed by atoms with E-state index in [1.165, 1.54) is 5.56 Å². The van der Waals surface area contributed by atoms with E-state index < -0.39 is 0 Å². The van der Waals surface area contributed by atoms with Gasteiger partial charge in [0.2, 0.25) is 0 Å². The smallest absolute Gasteiger partial charge is 0.161 e. The van der Waals surface area contributed by atoms with Crippen molar-refractivity contribution in [1.29, 1.82) is 0 Å². The highest BCUT2D eigenvalue weighted by Gasteiger charge is 2.19. The molecule has 2 heteroatoms. The van der Waals surface area contributed by atoms with Gasteiger partial charge in [0.1, 0.15) is 0 Å². The molecule has 1 aliphatic rings. The van der Waals surface area contributed by atoms with Crippen LogP contribution in [0.1, 0.15) is 18.9 Å². The molecule has 0 bridgehead atoms. The Bertz CT molecular complexity index is 271. The van der Waals surface area contributed by atoms with E-state index in [1.807, 2.05) is 18.2 Å². The maximum atomic E-state index is 5.67. The first-order chi connectivity index (χ1) is 6.84. The molecule has 0 radical (unpaired) electrons. The fourth-order valence-corrected chi connectivity index (χ4v) is 1.65. The molecule has 0 spiro atoms. The van der Waals surface area contributed by atoms with Gasteiger partial charge < -0.3 is 9.47 Å². The predicted octanol–water partition coefficient (Wildman–Crippen LogP) is 2.38. The van der Waals surface area contributed by atoms with Gasteiger partial charge in [-0.3, -0.25) is 0 Å². The molecular weight excluding hydrogens is 176 g/mol. The largest absolute Gasteiger partial charge is 0.352 e. The van der Waals surface area contributed by atoms with Crippen LogP contribution in [0.15, 0.2) is 30.3 Å². The van der Waals surface area contributed by atoms with Crippen molar-refractivity contribution in [2.75, 3.05) is 6.61 Å². The molecule has 1 heterocycles. The van der Waals surface area contributed by atoms with E-state index in [0.717, 1.165) is 19.4 Å². The molecule has 0 aromatic heterocycles. The third-order valence-corrected chi connectivity index (χ3v) is 2.46. The summed E-state index contributed by atoms with van der Waals surface area (Å²) in [5.74, 6) is 0. The van der Waals surface area contributed by atoms with Crippen LogP contribution in [0.25, 0.3) is 0 Å². The topological polar surface area (TPSA) is 18.5 Å². The van der Waals surface area contributed by atoms with E-state index in [4.69, 9.17) is 9.47 Å². The Morgan fingerprint density at radius 3 is 2.79 bits per heavy atom. The molecular formula is C12H16O2. The molecule has 2 atom stereocenters. The highest BCUT2D eigenvalue weighted by Crippen LogP contribution is 2.15. The minimum atomic E-state index is -0.0545. The zero-order valence-electron chi connectivity index (χ0n) is 8.48. The Balaban J connectivity index is 1.91. The number of rotatable bonds is 2. The number of hydrogen-bond acceptors (Lipinski definition) is 2. The van der Waals surface area contributed by atoms with Crippen LogP contribution >= 0.6 is 0 Å². The van der Waals surface area contributed by atoms with Crippen LogP contribution in [0.2, 0.25) is 0 Å². The van der Waals surface area contributed by atoms with Gasteiger partial charge in [0.05, 0.1) is 12.7 Å². The summed E-state index contributed by atoms with van der Waals surface area (Å²) in [7, 11) is 0. The molecule has 1 aromatic rings. The van der Waals surface area contributed by atoms with Crippen molar-refractivity contribution >= 4 is 0 Å². The van der Waals surface area contributed by atoms with Gasteiger partial charge in [-0.2, -0.15) is 0 Å². The van der Waals surface area contributed by atoms with Crippen LogP contribution in [0, 0.1) is 0 Å². The molecule has 0 N–H and O–H groups in total. The Morgan fingerprint density at radius 2 is 2.07 bits per heavy atom. The second-order valence-electron chi connectivity index (χ2n) is 3.73. The Labute approximate surface area is 84.8 Å². The number of ether oxygens (including phenoxy) is 2. The lowest BCUT2D eigenvalue weighted by Gasteiger charge is -2.28. The van der Waals surface area contributed by atoms with Gasteiger partial charge >= 0.3 is 0 Å². The van der Waals surface area contributed by atoms with Crippen LogP contribution in [-0.4, -0.2) is 19.0 Å². The Morgan fingerprint density at radius 1 is 1.29 bits per heavy atom. The lowest BCUT2D eigenvalue weighted by atomic mass is 10.1. The monoisotopic (exact) mass is 192 g/mol. The van der Waals surface area contributed by atoms with Crippen molar-refractivity contribution in [2.24, 2.45) is 0 Å². The van der Waals surface area contributed by atoms with Crippen LogP contribution < -0.4 is 0 Å². The zero-order valence-corrected chi connectivity index (χ0v) is 8.48. The molecule has 1 saturated heterocycles. The summed E-state index contributed by atoms with van der Waals surface area (Å²) < 4.78 is 11.2.